The normalized spacial score (nSPS) is 21.5. The zero-order chi connectivity index (χ0) is 22.9. The average molecular weight is 450 g/mol. The molecule has 0 aromatic heterocycles. The molecule has 0 saturated carbocycles. The Morgan fingerprint density at radius 3 is 2.45 bits per heavy atom. The lowest BCUT2D eigenvalue weighted by atomic mass is 9.86. The Morgan fingerprint density at radius 2 is 1.87 bits per heavy atom. The number of carbonyl (C=O) groups is 4. The van der Waals surface area contributed by atoms with Gasteiger partial charge < -0.3 is 20.5 Å². The number of rotatable bonds is 5. The fourth-order valence-corrected chi connectivity index (χ4v) is 3.91. The van der Waals surface area contributed by atoms with Crippen molar-refractivity contribution < 1.29 is 29.0 Å². The largest absolute Gasteiger partial charge is 0.477 e. The molecule has 3 rings (SSSR count). The van der Waals surface area contributed by atoms with Gasteiger partial charge in [-0.3, -0.25) is 14.5 Å². The van der Waals surface area contributed by atoms with Gasteiger partial charge in [-0.15, -0.1) is 0 Å². The summed E-state index contributed by atoms with van der Waals surface area (Å²) >= 11 is 5.99. The lowest BCUT2D eigenvalue weighted by molar-refractivity contribution is -0.156. The molecule has 2 aliphatic rings. The first-order valence-electron chi connectivity index (χ1n) is 9.79. The molecule has 2 aliphatic heterocycles. The first kappa shape index (κ1) is 22.6. The number of carboxylic acid groups (broad SMARTS) is 1. The number of nitrogens with one attached hydrogen (secondary N) is 2. The third kappa shape index (κ3) is 4.82. The second-order valence-corrected chi connectivity index (χ2v) is 8.81. The number of alkyl carbamates (subject to hydrolysis) is 1. The molecule has 2 heterocycles. The van der Waals surface area contributed by atoms with Gasteiger partial charge in [-0.05, 0) is 39.2 Å². The van der Waals surface area contributed by atoms with Crippen LogP contribution in [0.3, 0.4) is 0 Å². The number of aliphatic carboxylic acids is 1. The molecule has 3 atom stereocenters. The monoisotopic (exact) mass is 449 g/mol. The highest BCUT2D eigenvalue weighted by Crippen LogP contribution is 2.38. The minimum atomic E-state index is -1.29. The van der Waals surface area contributed by atoms with Crippen LogP contribution in [-0.4, -0.2) is 51.6 Å². The van der Waals surface area contributed by atoms with Crippen molar-refractivity contribution in [2.24, 2.45) is 0 Å². The van der Waals surface area contributed by atoms with E-state index in [9.17, 15) is 24.3 Å². The average Bonchev–Trinajstić information content (AvgIpc) is 2.69. The molecular weight excluding hydrogens is 426 g/mol. The third-order valence-corrected chi connectivity index (χ3v) is 5.30. The lowest BCUT2D eigenvalue weighted by Gasteiger charge is -2.49. The summed E-state index contributed by atoms with van der Waals surface area (Å²) in [7, 11) is 0. The van der Waals surface area contributed by atoms with Gasteiger partial charge in [0.2, 0.25) is 5.91 Å². The quantitative estimate of drug-likeness (QED) is 0.592. The molecule has 0 radical (unpaired) electrons. The molecule has 166 valence electrons. The Morgan fingerprint density at radius 1 is 1.23 bits per heavy atom. The van der Waals surface area contributed by atoms with Gasteiger partial charge in [0.05, 0.1) is 6.04 Å². The fraction of sp³-hybridized carbons (Fsp3) is 0.429. The van der Waals surface area contributed by atoms with Gasteiger partial charge in [0, 0.05) is 5.03 Å². The Balaban J connectivity index is 1.76. The molecule has 1 saturated heterocycles. The van der Waals surface area contributed by atoms with Crippen molar-refractivity contribution in [1.29, 1.82) is 0 Å². The van der Waals surface area contributed by atoms with E-state index in [1.165, 1.54) is 0 Å². The zero-order valence-electron chi connectivity index (χ0n) is 17.3. The van der Waals surface area contributed by atoms with Crippen molar-refractivity contribution >= 4 is 35.5 Å². The Bertz CT molecular complexity index is 940. The summed E-state index contributed by atoms with van der Waals surface area (Å²) in [6.45, 7) is 5.11. The molecule has 0 spiro atoms. The molecule has 1 aromatic carbocycles. The van der Waals surface area contributed by atoms with Crippen molar-refractivity contribution in [3.63, 3.8) is 0 Å². The molecule has 10 heteroatoms. The predicted octanol–water partition coefficient (Wildman–Crippen LogP) is 2.28. The maximum absolute atomic E-state index is 13.0. The fourth-order valence-electron chi connectivity index (χ4n) is 3.63. The number of hydrogen-bond donors (Lipinski definition) is 3. The number of halogens is 1. The van der Waals surface area contributed by atoms with Crippen molar-refractivity contribution in [2.45, 2.75) is 57.3 Å². The molecule has 9 nitrogen and oxygen atoms in total. The standard InChI is InChI=1S/C21H24ClN3O6/c1-21(2,3)31-20(30)24-14(11-7-5-4-6-8-11)17(26)23-15-13-10-9-12(22)16(19(28)29)25(13)18(15)27/h4-8,13-15H,9-10H2,1-3H3,(H,23,26)(H,24,30)(H,28,29)/t13-,14?,15-/m0/s1. The van der Waals surface area contributed by atoms with Gasteiger partial charge in [0.1, 0.15) is 23.4 Å². The van der Waals surface area contributed by atoms with Crippen LogP contribution in [-0.2, 0) is 19.1 Å². The molecule has 1 aromatic rings. The van der Waals surface area contributed by atoms with Crippen LogP contribution in [0.2, 0.25) is 0 Å². The number of nitrogens with zero attached hydrogens (tertiary/aromatic N) is 1. The number of β-lactam (4-membered cyclic amide) rings is 1. The van der Waals surface area contributed by atoms with Crippen LogP contribution in [0.15, 0.2) is 41.1 Å². The van der Waals surface area contributed by atoms with Gasteiger partial charge in [-0.1, -0.05) is 41.9 Å². The number of ether oxygens (including phenoxy) is 1. The zero-order valence-corrected chi connectivity index (χ0v) is 18.1. The highest BCUT2D eigenvalue weighted by Gasteiger charge is 2.53. The van der Waals surface area contributed by atoms with E-state index in [-0.39, 0.29) is 10.7 Å². The van der Waals surface area contributed by atoms with Crippen LogP contribution < -0.4 is 10.6 Å². The minimum Gasteiger partial charge on any atom is -0.477 e. The van der Waals surface area contributed by atoms with E-state index < -0.39 is 47.6 Å². The number of hydrogen-bond acceptors (Lipinski definition) is 5. The molecule has 1 fully saturated rings. The van der Waals surface area contributed by atoms with E-state index >= 15 is 0 Å². The van der Waals surface area contributed by atoms with Crippen molar-refractivity contribution in [3.8, 4) is 0 Å². The number of carbonyl (C=O) groups excluding carboxylic acids is 3. The predicted molar refractivity (Wildman–Crippen MR) is 111 cm³/mol. The van der Waals surface area contributed by atoms with E-state index in [1.54, 1.807) is 51.1 Å². The maximum Gasteiger partial charge on any atom is 0.408 e. The van der Waals surface area contributed by atoms with Crippen molar-refractivity contribution in [3.05, 3.63) is 46.6 Å². The highest BCUT2D eigenvalue weighted by atomic mass is 35.5. The molecule has 0 bridgehead atoms. The summed E-state index contributed by atoms with van der Waals surface area (Å²) in [6.07, 6.45) is -0.0667. The topological polar surface area (TPSA) is 125 Å². The van der Waals surface area contributed by atoms with Crippen molar-refractivity contribution in [2.75, 3.05) is 0 Å². The summed E-state index contributed by atoms with van der Waals surface area (Å²) in [6, 6.07) is 6.03. The van der Waals surface area contributed by atoms with Crippen LogP contribution in [0.5, 0.6) is 0 Å². The van der Waals surface area contributed by atoms with Crippen LogP contribution in [0.1, 0.15) is 45.2 Å². The summed E-state index contributed by atoms with van der Waals surface area (Å²) < 4.78 is 5.25. The third-order valence-electron chi connectivity index (χ3n) is 4.93. The Labute approximate surface area is 184 Å². The molecule has 0 aliphatic carbocycles. The van der Waals surface area contributed by atoms with Crippen LogP contribution in [0.4, 0.5) is 4.79 Å². The van der Waals surface area contributed by atoms with E-state index in [0.29, 0.717) is 18.4 Å². The van der Waals surface area contributed by atoms with E-state index in [2.05, 4.69) is 10.6 Å². The number of amides is 3. The lowest BCUT2D eigenvalue weighted by Crippen LogP contribution is -2.72. The molecule has 3 N–H and O–H groups in total. The Kier molecular flexibility index (Phi) is 6.26. The molecule has 31 heavy (non-hydrogen) atoms. The van der Waals surface area contributed by atoms with E-state index in [4.69, 9.17) is 16.3 Å². The summed E-state index contributed by atoms with van der Waals surface area (Å²) in [5, 5.41) is 14.7. The molecular formula is C21H24ClN3O6. The van der Waals surface area contributed by atoms with E-state index in [0.717, 1.165) is 4.90 Å². The maximum atomic E-state index is 13.0. The van der Waals surface area contributed by atoms with Gasteiger partial charge in [-0.25, -0.2) is 9.59 Å². The minimum absolute atomic E-state index is 0.107. The summed E-state index contributed by atoms with van der Waals surface area (Å²) in [5.41, 5.74) is -0.500. The van der Waals surface area contributed by atoms with Crippen LogP contribution >= 0.6 is 11.6 Å². The number of carboxylic acids is 1. The number of allylic oxidation sites excluding steroid dienone is 1. The Hall–Kier alpha value is -3.07. The molecule has 3 amide bonds. The summed E-state index contributed by atoms with van der Waals surface area (Å²) in [4.78, 5) is 50.5. The van der Waals surface area contributed by atoms with Crippen LogP contribution in [0.25, 0.3) is 0 Å². The molecule has 1 unspecified atom stereocenters. The van der Waals surface area contributed by atoms with E-state index in [1.807, 2.05) is 0 Å². The first-order chi connectivity index (χ1) is 14.5. The number of fused-ring (bicyclic) bond motifs is 1. The van der Waals surface area contributed by atoms with Gasteiger partial charge in [0.25, 0.3) is 5.91 Å². The van der Waals surface area contributed by atoms with Crippen molar-refractivity contribution in [1.82, 2.24) is 15.5 Å². The second-order valence-electron chi connectivity index (χ2n) is 8.35. The number of benzene rings is 1. The smallest absolute Gasteiger partial charge is 0.408 e. The van der Waals surface area contributed by atoms with Gasteiger partial charge in [0.15, 0.2) is 0 Å². The highest BCUT2D eigenvalue weighted by molar-refractivity contribution is 6.32. The van der Waals surface area contributed by atoms with Gasteiger partial charge in [-0.2, -0.15) is 0 Å². The van der Waals surface area contributed by atoms with Gasteiger partial charge >= 0.3 is 12.1 Å². The second kappa shape index (κ2) is 8.58. The first-order valence-corrected chi connectivity index (χ1v) is 10.2. The van der Waals surface area contributed by atoms with Crippen LogP contribution in [0, 0.1) is 0 Å². The SMILES string of the molecule is CC(C)(C)OC(=O)NC(C(=O)N[C@@H]1C(=O)N2C(C(=O)O)=C(Cl)CC[C@@H]12)c1ccccc1. The summed E-state index contributed by atoms with van der Waals surface area (Å²) in [5.74, 6) is -2.45.